The molecule has 6 heteroatoms. The van der Waals surface area contributed by atoms with E-state index in [2.05, 4.69) is 21.4 Å². The van der Waals surface area contributed by atoms with Crippen LogP contribution >= 0.6 is 0 Å². The van der Waals surface area contributed by atoms with Gasteiger partial charge in [-0.15, -0.1) is 0 Å². The van der Waals surface area contributed by atoms with Crippen LogP contribution in [0.3, 0.4) is 0 Å². The van der Waals surface area contributed by atoms with Crippen molar-refractivity contribution in [1.29, 1.82) is 0 Å². The second-order valence-corrected chi connectivity index (χ2v) is 6.93. The van der Waals surface area contributed by atoms with Gasteiger partial charge in [0, 0.05) is 18.5 Å². The fraction of sp³-hybridized carbons (Fsp3) is 0.333. The Balaban J connectivity index is 1.54. The number of benzene rings is 2. The third kappa shape index (κ3) is 3.66. The Morgan fingerprint density at radius 1 is 1.19 bits per heavy atom. The molecule has 0 atom stereocenters. The third-order valence-electron chi connectivity index (χ3n) is 4.83. The minimum absolute atomic E-state index is 0.106. The van der Waals surface area contributed by atoms with Gasteiger partial charge in [0.1, 0.15) is 5.69 Å². The van der Waals surface area contributed by atoms with E-state index in [9.17, 15) is 4.79 Å². The minimum atomic E-state index is -0.106. The van der Waals surface area contributed by atoms with Gasteiger partial charge in [0.05, 0.1) is 31.0 Å². The lowest BCUT2D eigenvalue weighted by Gasteiger charge is -2.30. The van der Waals surface area contributed by atoms with Gasteiger partial charge < -0.3 is 19.5 Å². The van der Waals surface area contributed by atoms with Crippen molar-refractivity contribution in [3.63, 3.8) is 0 Å². The highest BCUT2D eigenvalue weighted by Gasteiger charge is 2.18. The van der Waals surface area contributed by atoms with E-state index in [1.807, 2.05) is 44.2 Å². The van der Waals surface area contributed by atoms with E-state index in [4.69, 9.17) is 9.26 Å². The number of carbonyl (C=O) groups is 1. The van der Waals surface area contributed by atoms with E-state index in [1.165, 1.54) is 0 Å². The summed E-state index contributed by atoms with van der Waals surface area (Å²) in [6.45, 7) is 7.06. The number of aryl methyl sites for hydroxylation is 2. The number of para-hydroxylation sites is 2. The largest absolute Gasteiger partial charge is 0.378 e. The lowest BCUT2D eigenvalue weighted by atomic mass is 10.1. The third-order valence-corrected chi connectivity index (χ3v) is 4.83. The zero-order chi connectivity index (χ0) is 18.8. The van der Waals surface area contributed by atoms with E-state index >= 15 is 0 Å². The quantitative estimate of drug-likeness (QED) is 0.767. The van der Waals surface area contributed by atoms with Crippen LogP contribution in [0.15, 0.2) is 40.9 Å². The molecule has 1 N–H and O–H groups in total. The second-order valence-electron chi connectivity index (χ2n) is 6.93. The number of nitrogens with zero attached hydrogens (tertiary/aromatic N) is 2. The molecule has 1 saturated heterocycles. The average molecular weight is 365 g/mol. The summed E-state index contributed by atoms with van der Waals surface area (Å²) in [5, 5.41) is 8.07. The van der Waals surface area contributed by atoms with E-state index < -0.39 is 0 Å². The molecule has 0 saturated carbocycles. The number of hydrogen-bond acceptors (Lipinski definition) is 5. The Hall–Kier alpha value is -2.86. The number of rotatable bonds is 4. The number of fused-ring (bicyclic) bond motifs is 1. The number of nitrogens with one attached hydrogen (secondary N) is 1. The van der Waals surface area contributed by atoms with Crippen LogP contribution in [0, 0.1) is 13.8 Å². The summed E-state index contributed by atoms with van der Waals surface area (Å²) in [6, 6.07) is 11.9. The maximum atomic E-state index is 12.7. The van der Waals surface area contributed by atoms with Crippen LogP contribution < -0.4 is 10.2 Å². The highest BCUT2D eigenvalue weighted by atomic mass is 16.5. The molecule has 1 amide bonds. The highest BCUT2D eigenvalue weighted by molar-refractivity contribution is 5.97. The number of morpholine rings is 1. The van der Waals surface area contributed by atoms with Gasteiger partial charge in [0.2, 0.25) is 5.91 Å². The molecule has 27 heavy (non-hydrogen) atoms. The van der Waals surface area contributed by atoms with Gasteiger partial charge in [-0.3, -0.25) is 4.79 Å². The Morgan fingerprint density at radius 2 is 1.96 bits per heavy atom. The van der Waals surface area contributed by atoms with Crippen LogP contribution in [0.25, 0.3) is 11.0 Å². The van der Waals surface area contributed by atoms with Gasteiger partial charge in [0.15, 0.2) is 5.58 Å². The van der Waals surface area contributed by atoms with Crippen LogP contribution in [-0.4, -0.2) is 37.4 Å². The van der Waals surface area contributed by atoms with Gasteiger partial charge in [0.25, 0.3) is 0 Å². The van der Waals surface area contributed by atoms with Crippen LogP contribution in [0.2, 0.25) is 0 Å². The van der Waals surface area contributed by atoms with Gasteiger partial charge in [-0.2, -0.15) is 0 Å². The van der Waals surface area contributed by atoms with Gasteiger partial charge in [-0.05, 0) is 43.2 Å². The second kappa shape index (κ2) is 7.40. The molecule has 1 aromatic heterocycles. The van der Waals surface area contributed by atoms with Gasteiger partial charge in [-0.1, -0.05) is 23.4 Å². The fourth-order valence-corrected chi connectivity index (χ4v) is 3.57. The molecule has 0 radical (unpaired) electrons. The van der Waals surface area contributed by atoms with Crippen molar-refractivity contribution < 1.29 is 14.1 Å². The predicted molar refractivity (Wildman–Crippen MR) is 105 cm³/mol. The molecule has 4 rings (SSSR count). The number of anilines is 2. The van der Waals surface area contributed by atoms with Crippen molar-refractivity contribution in [2.45, 2.75) is 20.3 Å². The molecule has 2 aromatic carbocycles. The molecule has 1 aliphatic rings. The summed E-state index contributed by atoms with van der Waals surface area (Å²) in [5.41, 5.74) is 5.40. The van der Waals surface area contributed by atoms with Crippen molar-refractivity contribution in [3.05, 3.63) is 53.2 Å². The average Bonchev–Trinajstić information content (AvgIpc) is 3.06. The predicted octanol–water partition coefficient (Wildman–Crippen LogP) is 3.46. The number of amides is 1. The van der Waals surface area contributed by atoms with E-state index in [0.29, 0.717) is 18.9 Å². The zero-order valence-electron chi connectivity index (χ0n) is 15.6. The smallest absolute Gasteiger partial charge is 0.230 e. The van der Waals surface area contributed by atoms with Crippen LogP contribution in [0.1, 0.15) is 16.8 Å². The van der Waals surface area contributed by atoms with E-state index in [1.54, 1.807) is 0 Å². The monoisotopic (exact) mass is 365 g/mol. The first-order chi connectivity index (χ1) is 13.1. The van der Waals surface area contributed by atoms with Crippen LogP contribution in [-0.2, 0) is 16.0 Å². The van der Waals surface area contributed by atoms with Gasteiger partial charge in [-0.25, -0.2) is 0 Å². The van der Waals surface area contributed by atoms with Crippen LogP contribution in [0.4, 0.5) is 11.4 Å². The highest BCUT2D eigenvalue weighted by Crippen LogP contribution is 2.27. The van der Waals surface area contributed by atoms with Crippen molar-refractivity contribution in [2.24, 2.45) is 0 Å². The van der Waals surface area contributed by atoms with Crippen molar-refractivity contribution in [2.75, 3.05) is 36.5 Å². The first-order valence-electron chi connectivity index (χ1n) is 9.19. The first-order valence-corrected chi connectivity index (χ1v) is 9.19. The summed E-state index contributed by atoms with van der Waals surface area (Å²) >= 11 is 0. The maximum Gasteiger partial charge on any atom is 0.230 e. The normalized spacial score (nSPS) is 14.5. The molecule has 140 valence electrons. The van der Waals surface area contributed by atoms with Crippen molar-refractivity contribution >= 4 is 28.3 Å². The summed E-state index contributed by atoms with van der Waals surface area (Å²) in [6.07, 6.45) is 0.174. The SMILES string of the molecule is Cc1cc(C)c2onc(CC(=O)Nc3ccccc3N3CCOCC3)c2c1. The summed E-state index contributed by atoms with van der Waals surface area (Å²) in [5.74, 6) is -0.106. The fourth-order valence-electron chi connectivity index (χ4n) is 3.57. The molecule has 1 fully saturated rings. The summed E-state index contributed by atoms with van der Waals surface area (Å²) < 4.78 is 10.9. The van der Waals surface area contributed by atoms with Crippen molar-refractivity contribution in [3.8, 4) is 0 Å². The molecule has 1 aliphatic heterocycles. The Bertz CT molecular complexity index is 974. The molecule has 6 nitrogen and oxygen atoms in total. The molecule has 3 aromatic rings. The van der Waals surface area contributed by atoms with Crippen molar-refractivity contribution in [1.82, 2.24) is 5.16 Å². The molecule has 2 heterocycles. The number of hydrogen-bond donors (Lipinski definition) is 1. The standard InChI is InChI=1S/C21H23N3O3/c1-14-11-15(2)21-16(12-14)18(23-27-21)13-20(25)22-17-5-3-4-6-19(17)24-7-9-26-10-8-24/h3-6,11-12H,7-10,13H2,1-2H3,(H,22,25). The molecular weight excluding hydrogens is 342 g/mol. The molecule has 0 spiro atoms. The first kappa shape index (κ1) is 17.5. The topological polar surface area (TPSA) is 67.6 Å². The zero-order valence-corrected chi connectivity index (χ0v) is 15.6. The number of aromatic nitrogens is 1. The van der Waals surface area contributed by atoms with E-state index in [-0.39, 0.29) is 12.3 Å². The number of ether oxygens (including phenoxy) is 1. The molecule has 0 aliphatic carbocycles. The Kier molecular flexibility index (Phi) is 4.81. The molecule has 0 unspecified atom stereocenters. The number of carbonyl (C=O) groups excluding carboxylic acids is 1. The van der Waals surface area contributed by atoms with Gasteiger partial charge >= 0.3 is 0 Å². The maximum absolute atomic E-state index is 12.7. The molecular formula is C21H23N3O3. The van der Waals surface area contributed by atoms with Crippen LogP contribution in [0.5, 0.6) is 0 Å². The van der Waals surface area contributed by atoms with E-state index in [0.717, 1.165) is 46.6 Å². The lowest BCUT2D eigenvalue weighted by Crippen LogP contribution is -2.36. The Labute approximate surface area is 158 Å². The summed E-state index contributed by atoms with van der Waals surface area (Å²) in [4.78, 5) is 14.9. The summed E-state index contributed by atoms with van der Waals surface area (Å²) in [7, 11) is 0. The lowest BCUT2D eigenvalue weighted by molar-refractivity contribution is -0.115. The minimum Gasteiger partial charge on any atom is -0.378 e. The molecule has 0 bridgehead atoms. The Morgan fingerprint density at radius 3 is 2.78 bits per heavy atom.